The van der Waals surface area contributed by atoms with E-state index in [-0.39, 0.29) is 29.9 Å². The first kappa shape index (κ1) is 23.5. The monoisotopic (exact) mass is 521 g/mol. The van der Waals surface area contributed by atoms with E-state index in [0.29, 0.717) is 23.7 Å². The second-order valence-electron chi connectivity index (χ2n) is 6.52. The van der Waals surface area contributed by atoms with E-state index in [9.17, 15) is 0 Å². The lowest BCUT2D eigenvalue weighted by molar-refractivity contribution is 0.405. The number of hydrogen-bond acceptors (Lipinski definition) is 4. The lowest BCUT2D eigenvalue weighted by Gasteiger charge is -2.12. The van der Waals surface area contributed by atoms with E-state index in [1.54, 1.807) is 20.4 Å². The quantitative estimate of drug-likeness (QED) is 0.252. The lowest BCUT2D eigenvalue weighted by atomic mass is 10.1. The van der Waals surface area contributed by atoms with Crippen molar-refractivity contribution in [3.05, 3.63) is 72.3 Å². The van der Waals surface area contributed by atoms with E-state index in [2.05, 4.69) is 44.1 Å². The van der Waals surface area contributed by atoms with Crippen molar-refractivity contribution in [1.82, 2.24) is 9.55 Å². The number of aromatic nitrogens is 2. The number of guanidine groups is 1. The number of nitrogens with two attached hydrogens (primary N) is 1. The Bertz CT molecular complexity index is 944. The van der Waals surface area contributed by atoms with Crippen LogP contribution in [-0.4, -0.2) is 29.7 Å². The average molecular weight is 521 g/mol. The third-order valence-corrected chi connectivity index (χ3v) is 4.57. The number of benzene rings is 2. The van der Waals surface area contributed by atoms with Gasteiger partial charge in [-0.15, -0.1) is 24.0 Å². The van der Waals surface area contributed by atoms with Gasteiger partial charge in [-0.1, -0.05) is 30.3 Å². The summed E-state index contributed by atoms with van der Waals surface area (Å²) in [5.74, 6) is 2.53. The van der Waals surface area contributed by atoms with Gasteiger partial charge in [0, 0.05) is 25.0 Å². The number of aliphatic imine (C=N–C) groups is 1. The van der Waals surface area contributed by atoms with Crippen molar-refractivity contribution in [3.8, 4) is 11.5 Å². The number of halogens is 1. The Hall–Kier alpha value is -2.75. The standard InChI is InChI=1S/C22H27N5O2.HI/c1-28-18-10-11-20(29-2)19(15-18)26-22(23)25-16-21-24-12-14-27(21)13-6-9-17-7-4-3-5-8-17;/h3-5,7-8,10-12,14-15H,6,9,13,16H2,1-2H3,(H3,23,25,26);1H. The Morgan fingerprint density at radius 1 is 1.13 bits per heavy atom. The van der Waals surface area contributed by atoms with Crippen LogP contribution in [0.15, 0.2) is 65.9 Å². The summed E-state index contributed by atoms with van der Waals surface area (Å²) in [4.78, 5) is 8.83. The Labute approximate surface area is 194 Å². The second-order valence-corrected chi connectivity index (χ2v) is 6.52. The fourth-order valence-corrected chi connectivity index (χ4v) is 3.04. The minimum atomic E-state index is 0. The van der Waals surface area contributed by atoms with Gasteiger partial charge in [0.1, 0.15) is 23.9 Å². The van der Waals surface area contributed by atoms with Crippen molar-refractivity contribution in [1.29, 1.82) is 0 Å². The summed E-state index contributed by atoms with van der Waals surface area (Å²) >= 11 is 0. The van der Waals surface area contributed by atoms with Crippen LogP contribution in [0.1, 0.15) is 17.8 Å². The Balaban J connectivity index is 0.00000320. The third-order valence-electron chi connectivity index (χ3n) is 4.57. The van der Waals surface area contributed by atoms with E-state index in [1.165, 1.54) is 5.56 Å². The smallest absolute Gasteiger partial charge is 0.193 e. The molecule has 0 spiro atoms. The number of methoxy groups -OCH3 is 2. The molecule has 0 aliphatic carbocycles. The van der Waals surface area contributed by atoms with Gasteiger partial charge in [0.15, 0.2) is 5.96 Å². The largest absolute Gasteiger partial charge is 0.497 e. The normalized spacial score (nSPS) is 10.9. The van der Waals surface area contributed by atoms with E-state index < -0.39 is 0 Å². The van der Waals surface area contributed by atoms with Gasteiger partial charge in [-0.3, -0.25) is 0 Å². The number of anilines is 1. The number of rotatable bonds is 9. The van der Waals surface area contributed by atoms with Crippen LogP contribution >= 0.6 is 24.0 Å². The molecule has 0 unspecified atom stereocenters. The highest BCUT2D eigenvalue weighted by molar-refractivity contribution is 14.0. The minimum Gasteiger partial charge on any atom is -0.497 e. The average Bonchev–Trinajstić information content (AvgIpc) is 3.20. The van der Waals surface area contributed by atoms with Crippen molar-refractivity contribution < 1.29 is 9.47 Å². The summed E-state index contributed by atoms with van der Waals surface area (Å²) in [6, 6.07) is 15.9. The molecule has 7 nitrogen and oxygen atoms in total. The summed E-state index contributed by atoms with van der Waals surface area (Å²) in [6.45, 7) is 1.28. The first-order valence-electron chi connectivity index (χ1n) is 9.52. The molecule has 0 aliphatic heterocycles. The molecule has 0 atom stereocenters. The Kier molecular flexibility index (Phi) is 9.46. The fraction of sp³-hybridized carbons (Fsp3) is 0.273. The highest BCUT2D eigenvalue weighted by Crippen LogP contribution is 2.28. The van der Waals surface area contributed by atoms with E-state index in [0.717, 1.165) is 25.2 Å². The Morgan fingerprint density at radius 3 is 2.67 bits per heavy atom. The first-order chi connectivity index (χ1) is 14.2. The van der Waals surface area contributed by atoms with Crippen LogP contribution in [0.4, 0.5) is 5.69 Å². The van der Waals surface area contributed by atoms with Gasteiger partial charge < -0.3 is 25.1 Å². The number of nitrogens with zero attached hydrogens (tertiary/aromatic N) is 3. The van der Waals surface area contributed by atoms with E-state index in [1.807, 2.05) is 30.5 Å². The van der Waals surface area contributed by atoms with Gasteiger partial charge in [0.25, 0.3) is 0 Å². The molecule has 0 aliphatic rings. The molecule has 0 radical (unpaired) electrons. The van der Waals surface area contributed by atoms with Gasteiger partial charge in [-0.05, 0) is 30.5 Å². The molecule has 1 aromatic heterocycles. The lowest BCUT2D eigenvalue weighted by Crippen LogP contribution is -2.23. The molecule has 0 fully saturated rings. The van der Waals surface area contributed by atoms with Crippen molar-refractivity contribution in [2.45, 2.75) is 25.9 Å². The number of hydrogen-bond donors (Lipinski definition) is 2. The molecule has 3 aromatic rings. The molecule has 0 saturated heterocycles. The summed E-state index contributed by atoms with van der Waals surface area (Å²) in [6.07, 6.45) is 5.83. The number of imidazole rings is 1. The number of aryl methyl sites for hydroxylation is 2. The second kappa shape index (κ2) is 12.1. The van der Waals surface area contributed by atoms with E-state index >= 15 is 0 Å². The van der Waals surface area contributed by atoms with Crippen LogP contribution in [0.5, 0.6) is 11.5 Å². The van der Waals surface area contributed by atoms with Crippen LogP contribution in [0, 0.1) is 0 Å². The molecule has 30 heavy (non-hydrogen) atoms. The van der Waals surface area contributed by atoms with E-state index in [4.69, 9.17) is 15.2 Å². The van der Waals surface area contributed by atoms with Crippen LogP contribution in [0.3, 0.4) is 0 Å². The zero-order valence-electron chi connectivity index (χ0n) is 17.2. The topological polar surface area (TPSA) is 86.7 Å². The molecule has 3 rings (SSSR count). The van der Waals surface area contributed by atoms with Crippen LogP contribution < -0.4 is 20.5 Å². The van der Waals surface area contributed by atoms with Gasteiger partial charge in [0.05, 0.1) is 19.9 Å². The molecule has 0 amide bonds. The summed E-state index contributed by atoms with van der Waals surface area (Å²) < 4.78 is 12.7. The zero-order valence-corrected chi connectivity index (χ0v) is 19.6. The van der Waals surface area contributed by atoms with Crippen molar-refractivity contribution in [2.75, 3.05) is 19.5 Å². The predicted molar refractivity (Wildman–Crippen MR) is 131 cm³/mol. The van der Waals surface area contributed by atoms with Crippen LogP contribution in [0.2, 0.25) is 0 Å². The van der Waals surface area contributed by atoms with Gasteiger partial charge in [0.2, 0.25) is 0 Å². The van der Waals surface area contributed by atoms with Crippen molar-refractivity contribution in [2.24, 2.45) is 10.7 Å². The molecular formula is C22H28IN5O2. The van der Waals surface area contributed by atoms with Crippen molar-refractivity contribution >= 4 is 35.6 Å². The molecule has 2 aromatic carbocycles. The molecular weight excluding hydrogens is 493 g/mol. The predicted octanol–water partition coefficient (Wildman–Crippen LogP) is 4.08. The van der Waals surface area contributed by atoms with Gasteiger partial charge in [-0.2, -0.15) is 0 Å². The highest BCUT2D eigenvalue weighted by Gasteiger charge is 2.07. The zero-order chi connectivity index (χ0) is 20.5. The molecule has 8 heteroatoms. The minimum absolute atomic E-state index is 0. The summed E-state index contributed by atoms with van der Waals surface area (Å²) in [5, 5.41) is 3.07. The Morgan fingerprint density at radius 2 is 1.93 bits per heavy atom. The summed E-state index contributed by atoms with van der Waals surface area (Å²) in [7, 11) is 3.22. The van der Waals surface area contributed by atoms with Crippen LogP contribution in [-0.2, 0) is 19.5 Å². The molecule has 0 saturated carbocycles. The molecule has 1 heterocycles. The summed E-state index contributed by atoms with van der Waals surface area (Å²) in [5.41, 5.74) is 8.10. The maximum absolute atomic E-state index is 6.07. The maximum atomic E-state index is 6.07. The van der Waals surface area contributed by atoms with Crippen LogP contribution in [0.25, 0.3) is 0 Å². The molecule has 0 bridgehead atoms. The number of nitrogens with one attached hydrogen (secondary N) is 1. The van der Waals surface area contributed by atoms with Crippen molar-refractivity contribution in [3.63, 3.8) is 0 Å². The third kappa shape index (κ3) is 6.65. The maximum Gasteiger partial charge on any atom is 0.193 e. The fourth-order valence-electron chi connectivity index (χ4n) is 3.04. The first-order valence-corrected chi connectivity index (χ1v) is 9.52. The molecule has 3 N–H and O–H groups in total. The molecule has 160 valence electrons. The SMILES string of the molecule is COc1ccc(OC)c(NC(N)=NCc2nccn2CCCc2ccccc2)c1.I. The number of ether oxygens (including phenoxy) is 2. The van der Waals surface area contributed by atoms with Gasteiger partial charge >= 0.3 is 0 Å². The highest BCUT2D eigenvalue weighted by atomic mass is 127. The van der Waals surface area contributed by atoms with Gasteiger partial charge in [-0.25, -0.2) is 9.98 Å².